The Bertz CT molecular complexity index is 719. The second kappa shape index (κ2) is 10.3. The van der Waals surface area contributed by atoms with Gasteiger partial charge in [-0.25, -0.2) is 4.99 Å². The monoisotopic (exact) mass is 357 g/mol. The predicted octanol–water partition coefficient (Wildman–Crippen LogP) is 2.49. The Labute approximate surface area is 154 Å². The summed E-state index contributed by atoms with van der Waals surface area (Å²) in [6, 6.07) is 15.2. The van der Waals surface area contributed by atoms with Crippen molar-refractivity contribution in [3.05, 3.63) is 59.7 Å². The molecule has 2 aromatic carbocycles. The average Bonchev–Trinajstić information content (AvgIpc) is 2.70. The Morgan fingerprint density at radius 2 is 1.73 bits per heavy atom. The van der Waals surface area contributed by atoms with E-state index in [1.165, 1.54) is 0 Å². The number of aliphatic hydroxyl groups excluding tert-OH is 1. The van der Waals surface area contributed by atoms with Crippen molar-refractivity contribution in [3.8, 4) is 11.5 Å². The number of nitrogens with zero attached hydrogens (tertiary/aromatic N) is 1. The molecule has 0 spiro atoms. The number of hydrogen-bond acceptors (Lipinski definition) is 4. The van der Waals surface area contributed by atoms with E-state index in [0.29, 0.717) is 19.0 Å². The summed E-state index contributed by atoms with van der Waals surface area (Å²) in [6.07, 6.45) is -0.661. The number of hydrogen-bond donors (Lipinski definition) is 3. The number of guanidine groups is 1. The van der Waals surface area contributed by atoms with Crippen LogP contribution in [0.1, 0.15) is 24.2 Å². The van der Waals surface area contributed by atoms with Crippen molar-refractivity contribution in [1.29, 1.82) is 0 Å². The van der Waals surface area contributed by atoms with Crippen LogP contribution in [0.25, 0.3) is 0 Å². The molecule has 6 nitrogen and oxygen atoms in total. The molecule has 0 aliphatic heterocycles. The standard InChI is InChI=1S/C20H27N3O3/c1-4-21-20(22-13-15-7-5-9-17(11-15)25-2)23-14-19(24)16-8-6-10-18(12-16)26-3/h5-12,19,24H,4,13-14H2,1-3H3,(H2,21,22,23). The van der Waals surface area contributed by atoms with Gasteiger partial charge >= 0.3 is 0 Å². The summed E-state index contributed by atoms with van der Waals surface area (Å²) >= 11 is 0. The van der Waals surface area contributed by atoms with E-state index in [9.17, 15) is 5.11 Å². The van der Waals surface area contributed by atoms with E-state index in [0.717, 1.165) is 29.2 Å². The van der Waals surface area contributed by atoms with Gasteiger partial charge in [0, 0.05) is 13.1 Å². The van der Waals surface area contributed by atoms with Crippen LogP contribution in [0, 0.1) is 0 Å². The zero-order valence-electron chi connectivity index (χ0n) is 15.5. The number of aliphatic hydroxyl groups is 1. The van der Waals surface area contributed by atoms with Crippen molar-refractivity contribution in [3.63, 3.8) is 0 Å². The molecule has 0 aromatic heterocycles. The van der Waals surface area contributed by atoms with E-state index in [1.807, 2.05) is 55.5 Å². The molecule has 1 atom stereocenters. The lowest BCUT2D eigenvalue weighted by Crippen LogP contribution is -2.39. The van der Waals surface area contributed by atoms with Crippen LogP contribution < -0.4 is 20.1 Å². The predicted molar refractivity (Wildman–Crippen MR) is 104 cm³/mol. The molecule has 2 rings (SSSR count). The van der Waals surface area contributed by atoms with Crippen molar-refractivity contribution in [1.82, 2.24) is 10.6 Å². The molecule has 0 amide bonds. The Hall–Kier alpha value is -2.73. The maximum Gasteiger partial charge on any atom is 0.191 e. The van der Waals surface area contributed by atoms with Gasteiger partial charge in [0.15, 0.2) is 5.96 Å². The highest BCUT2D eigenvalue weighted by Gasteiger charge is 2.09. The molecule has 0 saturated heterocycles. The minimum absolute atomic E-state index is 0.344. The summed E-state index contributed by atoms with van der Waals surface area (Å²) in [6.45, 7) is 3.60. The van der Waals surface area contributed by atoms with Crippen molar-refractivity contribution >= 4 is 5.96 Å². The van der Waals surface area contributed by atoms with Gasteiger partial charge in [0.1, 0.15) is 11.5 Å². The maximum atomic E-state index is 10.4. The Kier molecular flexibility index (Phi) is 7.76. The maximum absolute atomic E-state index is 10.4. The number of benzene rings is 2. The minimum Gasteiger partial charge on any atom is -0.497 e. The lowest BCUT2D eigenvalue weighted by Gasteiger charge is -2.16. The highest BCUT2D eigenvalue weighted by Crippen LogP contribution is 2.18. The summed E-state index contributed by atoms with van der Waals surface area (Å²) in [7, 11) is 3.26. The average molecular weight is 357 g/mol. The molecule has 0 radical (unpaired) electrons. The first-order valence-electron chi connectivity index (χ1n) is 8.63. The summed E-state index contributed by atoms with van der Waals surface area (Å²) in [5.41, 5.74) is 1.84. The fraction of sp³-hybridized carbons (Fsp3) is 0.350. The molecule has 0 fully saturated rings. The van der Waals surface area contributed by atoms with E-state index in [2.05, 4.69) is 15.6 Å². The van der Waals surface area contributed by atoms with Crippen LogP contribution in [-0.4, -0.2) is 38.4 Å². The van der Waals surface area contributed by atoms with Gasteiger partial charge in [-0.05, 0) is 42.3 Å². The SMILES string of the molecule is CCNC(=NCc1cccc(OC)c1)NCC(O)c1cccc(OC)c1. The van der Waals surface area contributed by atoms with Crippen molar-refractivity contribution in [2.45, 2.75) is 19.6 Å². The van der Waals surface area contributed by atoms with Crippen molar-refractivity contribution in [2.24, 2.45) is 4.99 Å². The first-order valence-corrected chi connectivity index (χ1v) is 8.63. The largest absolute Gasteiger partial charge is 0.497 e. The molecule has 0 heterocycles. The van der Waals surface area contributed by atoms with Gasteiger partial charge in [-0.2, -0.15) is 0 Å². The van der Waals surface area contributed by atoms with Crippen LogP contribution in [-0.2, 0) is 6.54 Å². The van der Waals surface area contributed by atoms with E-state index in [4.69, 9.17) is 9.47 Å². The van der Waals surface area contributed by atoms with Gasteiger partial charge < -0.3 is 25.2 Å². The Morgan fingerprint density at radius 1 is 1.04 bits per heavy atom. The van der Waals surface area contributed by atoms with Crippen LogP contribution in [0.2, 0.25) is 0 Å². The smallest absolute Gasteiger partial charge is 0.191 e. The van der Waals surface area contributed by atoms with E-state index in [1.54, 1.807) is 14.2 Å². The highest BCUT2D eigenvalue weighted by molar-refractivity contribution is 5.79. The fourth-order valence-electron chi connectivity index (χ4n) is 2.44. The number of ether oxygens (including phenoxy) is 2. The topological polar surface area (TPSA) is 75.1 Å². The first kappa shape index (κ1) is 19.6. The van der Waals surface area contributed by atoms with E-state index in [-0.39, 0.29) is 0 Å². The molecule has 1 unspecified atom stereocenters. The third-order valence-corrected chi connectivity index (χ3v) is 3.84. The molecular formula is C20H27N3O3. The van der Waals surface area contributed by atoms with Gasteiger partial charge in [-0.3, -0.25) is 0 Å². The third-order valence-electron chi connectivity index (χ3n) is 3.84. The molecular weight excluding hydrogens is 330 g/mol. The molecule has 0 bridgehead atoms. The number of aliphatic imine (C=N–C) groups is 1. The van der Waals surface area contributed by atoms with Gasteiger partial charge in [-0.1, -0.05) is 24.3 Å². The number of nitrogens with one attached hydrogen (secondary N) is 2. The van der Waals surface area contributed by atoms with Gasteiger partial charge in [0.25, 0.3) is 0 Å². The zero-order valence-corrected chi connectivity index (χ0v) is 15.5. The minimum atomic E-state index is -0.661. The second-order valence-corrected chi connectivity index (χ2v) is 5.72. The molecule has 2 aromatic rings. The molecule has 140 valence electrons. The van der Waals surface area contributed by atoms with Crippen LogP contribution in [0.15, 0.2) is 53.5 Å². The zero-order chi connectivity index (χ0) is 18.8. The van der Waals surface area contributed by atoms with Crippen LogP contribution in [0.4, 0.5) is 0 Å². The first-order chi connectivity index (χ1) is 12.7. The van der Waals surface area contributed by atoms with Crippen LogP contribution in [0.3, 0.4) is 0 Å². The Balaban J connectivity index is 1.97. The second-order valence-electron chi connectivity index (χ2n) is 5.72. The number of rotatable bonds is 8. The lowest BCUT2D eigenvalue weighted by molar-refractivity contribution is 0.180. The summed E-state index contributed by atoms with van der Waals surface area (Å²) in [5.74, 6) is 2.18. The quantitative estimate of drug-likeness (QED) is 0.500. The van der Waals surface area contributed by atoms with Gasteiger partial charge in [0.05, 0.1) is 26.9 Å². The molecule has 0 aliphatic carbocycles. The molecule has 3 N–H and O–H groups in total. The van der Waals surface area contributed by atoms with Gasteiger partial charge in [0.2, 0.25) is 0 Å². The summed E-state index contributed by atoms with van der Waals surface area (Å²) in [4.78, 5) is 4.56. The van der Waals surface area contributed by atoms with Crippen molar-refractivity contribution < 1.29 is 14.6 Å². The molecule has 0 aliphatic rings. The fourth-order valence-corrected chi connectivity index (χ4v) is 2.44. The molecule has 26 heavy (non-hydrogen) atoms. The summed E-state index contributed by atoms with van der Waals surface area (Å²) < 4.78 is 10.4. The van der Waals surface area contributed by atoms with E-state index < -0.39 is 6.10 Å². The van der Waals surface area contributed by atoms with Crippen molar-refractivity contribution in [2.75, 3.05) is 27.3 Å². The van der Waals surface area contributed by atoms with Crippen LogP contribution >= 0.6 is 0 Å². The van der Waals surface area contributed by atoms with Crippen LogP contribution in [0.5, 0.6) is 11.5 Å². The van der Waals surface area contributed by atoms with E-state index >= 15 is 0 Å². The normalized spacial score (nSPS) is 12.4. The third kappa shape index (κ3) is 5.97. The molecule has 0 saturated carbocycles. The lowest BCUT2D eigenvalue weighted by atomic mass is 10.1. The highest BCUT2D eigenvalue weighted by atomic mass is 16.5. The summed E-state index contributed by atoms with van der Waals surface area (Å²) in [5, 5.41) is 16.7. The Morgan fingerprint density at radius 3 is 2.42 bits per heavy atom. The number of methoxy groups -OCH3 is 2. The molecule has 6 heteroatoms. The van der Waals surface area contributed by atoms with Gasteiger partial charge in [-0.15, -0.1) is 0 Å².